The highest BCUT2D eigenvalue weighted by Gasteiger charge is 2.37. The molecule has 1 fully saturated rings. The van der Waals surface area contributed by atoms with Crippen molar-refractivity contribution in [2.75, 3.05) is 20.6 Å². The van der Waals surface area contributed by atoms with Crippen molar-refractivity contribution < 1.29 is 4.79 Å². The second-order valence-electron chi connectivity index (χ2n) is 6.49. The second kappa shape index (κ2) is 6.16. The van der Waals surface area contributed by atoms with Gasteiger partial charge in [-0.2, -0.15) is 0 Å². The Hall–Kier alpha value is -1.39. The summed E-state index contributed by atoms with van der Waals surface area (Å²) in [6, 6.07) is 10.4. The number of carbonyl (C=O) groups is 1. The summed E-state index contributed by atoms with van der Waals surface area (Å²) >= 11 is 0. The third kappa shape index (κ3) is 3.27. The van der Waals surface area contributed by atoms with Gasteiger partial charge in [-0.15, -0.1) is 0 Å². The van der Waals surface area contributed by atoms with Crippen molar-refractivity contribution in [3.63, 3.8) is 0 Å². The van der Waals surface area contributed by atoms with Gasteiger partial charge in [0.15, 0.2) is 0 Å². The highest BCUT2D eigenvalue weighted by Crippen LogP contribution is 2.25. The smallest absolute Gasteiger partial charge is 0.246 e. The molecule has 2 N–H and O–H groups in total. The van der Waals surface area contributed by atoms with Crippen LogP contribution < -0.4 is 5.73 Å². The van der Waals surface area contributed by atoms with Crippen LogP contribution in [-0.2, 0) is 10.3 Å². The van der Waals surface area contributed by atoms with E-state index in [1.807, 2.05) is 42.3 Å². The molecule has 1 aliphatic rings. The van der Waals surface area contributed by atoms with Crippen molar-refractivity contribution in [2.24, 2.45) is 5.73 Å². The van der Waals surface area contributed by atoms with E-state index in [2.05, 4.69) is 18.9 Å². The molecule has 0 aliphatic carbocycles. The van der Waals surface area contributed by atoms with Crippen molar-refractivity contribution in [3.05, 3.63) is 35.9 Å². The maximum Gasteiger partial charge on any atom is 0.246 e. The van der Waals surface area contributed by atoms with Gasteiger partial charge in [-0.3, -0.25) is 4.79 Å². The SMILES string of the molecule is CC1CC(N(C)C(=O)C(C)(N)c2ccccc2)CCN1C. The molecule has 116 valence electrons. The first-order chi connectivity index (χ1) is 9.84. The fourth-order valence-electron chi connectivity index (χ4n) is 3.06. The number of benzene rings is 1. The summed E-state index contributed by atoms with van der Waals surface area (Å²) in [5.41, 5.74) is 6.24. The molecule has 0 aromatic heterocycles. The zero-order chi connectivity index (χ0) is 15.6. The van der Waals surface area contributed by atoms with Crippen LogP contribution >= 0.6 is 0 Å². The lowest BCUT2D eigenvalue weighted by atomic mass is 9.89. The van der Waals surface area contributed by atoms with Crippen LogP contribution in [0.1, 0.15) is 32.3 Å². The topological polar surface area (TPSA) is 49.6 Å². The minimum atomic E-state index is -0.970. The van der Waals surface area contributed by atoms with Crippen LogP contribution in [0.2, 0.25) is 0 Å². The van der Waals surface area contributed by atoms with Gasteiger partial charge in [0.25, 0.3) is 0 Å². The second-order valence-corrected chi connectivity index (χ2v) is 6.49. The molecule has 1 saturated heterocycles. The molecule has 0 saturated carbocycles. The van der Waals surface area contributed by atoms with Crippen molar-refractivity contribution >= 4 is 5.91 Å². The van der Waals surface area contributed by atoms with E-state index in [1.54, 1.807) is 6.92 Å². The van der Waals surface area contributed by atoms with Gasteiger partial charge in [0, 0.05) is 25.7 Å². The monoisotopic (exact) mass is 289 g/mol. The van der Waals surface area contributed by atoms with E-state index in [1.165, 1.54) is 0 Å². The Morgan fingerprint density at radius 2 is 2.00 bits per heavy atom. The van der Waals surface area contributed by atoms with Crippen molar-refractivity contribution in [2.45, 2.75) is 44.3 Å². The maximum absolute atomic E-state index is 12.8. The summed E-state index contributed by atoms with van der Waals surface area (Å²) in [6.45, 7) is 5.04. The number of rotatable bonds is 3. The molecule has 3 atom stereocenters. The van der Waals surface area contributed by atoms with Gasteiger partial charge in [-0.05, 0) is 39.3 Å². The number of nitrogens with zero attached hydrogens (tertiary/aromatic N) is 2. The Labute approximate surface area is 127 Å². The van der Waals surface area contributed by atoms with Crippen LogP contribution in [0.4, 0.5) is 0 Å². The van der Waals surface area contributed by atoms with Gasteiger partial charge in [0.05, 0.1) is 0 Å². The molecule has 0 bridgehead atoms. The zero-order valence-corrected chi connectivity index (χ0v) is 13.5. The Morgan fingerprint density at radius 1 is 1.38 bits per heavy atom. The molecule has 0 radical (unpaired) electrons. The lowest BCUT2D eigenvalue weighted by Crippen LogP contribution is -2.55. The molecule has 2 rings (SSSR count). The molecule has 1 aromatic carbocycles. The van der Waals surface area contributed by atoms with Crippen LogP contribution in [0.25, 0.3) is 0 Å². The highest BCUT2D eigenvalue weighted by atomic mass is 16.2. The quantitative estimate of drug-likeness (QED) is 0.923. The van der Waals surface area contributed by atoms with Gasteiger partial charge in [-0.1, -0.05) is 30.3 Å². The molecule has 4 nitrogen and oxygen atoms in total. The van der Waals surface area contributed by atoms with Gasteiger partial charge < -0.3 is 15.5 Å². The number of carbonyl (C=O) groups excluding carboxylic acids is 1. The van der Waals surface area contributed by atoms with E-state index in [0.29, 0.717) is 6.04 Å². The summed E-state index contributed by atoms with van der Waals surface area (Å²) < 4.78 is 0. The molecular formula is C17H27N3O. The first-order valence-corrected chi connectivity index (χ1v) is 7.66. The number of likely N-dealkylation sites (N-methyl/N-ethyl adjacent to an activating group) is 1. The largest absolute Gasteiger partial charge is 0.341 e. The van der Waals surface area contributed by atoms with Gasteiger partial charge in [0.1, 0.15) is 5.54 Å². The zero-order valence-electron chi connectivity index (χ0n) is 13.5. The average molecular weight is 289 g/mol. The summed E-state index contributed by atoms with van der Waals surface area (Å²) in [7, 11) is 4.03. The number of piperidine rings is 1. The average Bonchev–Trinajstić information content (AvgIpc) is 2.49. The normalized spacial score (nSPS) is 26.1. The third-order valence-corrected chi connectivity index (χ3v) is 4.87. The Balaban J connectivity index is 2.12. The van der Waals surface area contributed by atoms with E-state index in [-0.39, 0.29) is 11.9 Å². The van der Waals surface area contributed by atoms with Crippen LogP contribution in [0.5, 0.6) is 0 Å². The fourth-order valence-corrected chi connectivity index (χ4v) is 3.06. The molecule has 1 aromatic rings. The predicted molar refractivity (Wildman–Crippen MR) is 85.9 cm³/mol. The Morgan fingerprint density at radius 3 is 2.57 bits per heavy atom. The minimum Gasteiger partial charge on any atom is -0.341 e. The van der Waals surface area contributed by atoms with Crippen LogP contribution in [-0.4, -0.2) is 48.4 Å². The van der Waals surface area contributed by atoms with Gasteiger partial charge in [-0.25, -0.2) is 0 Å². The molecule has 21 heavy (non-hydrogen) atoms. The molecular weight excluding hydrogens is 262 g/mol. The number of nitrogens with two attached hydrogens (primary N) is 1. The summed E-state index contributed by atoms with van der Waals surface area (Å²) in [4.78, 5) is 17.0. The van der Waals surface area contributed by atoms with E-state index < -0.39 is 5.54 Å². The third-order valence-electron chi connectivity index (χ3n) is 4.87. The van der Waals surface area contributed by atoms with E-state index in [0.717, 1.165) is 24.9 Å². The van der Waals surface area contributed by atoms with Crippen LogP contribution in [0.15, 0.2) is 30.3 Å². The lowest BCUT2D eigenvalue weighted by Gasteiger charge is -2.41. The number of likely N-dealkylation sites (tertiary alicyclic amines) is 1. The van der Waals surface area contributed by atoms with Crippen LogP contribution in [0, 0.1) is 0 Å². The first-order valence-electron chi connectivity index (χ1n) is 7.66. The number of hydrogen-bond donors (Lipinski definition) is 1. The number of hydrogen-bond acceptors (Lipinski definition) is 3. The lowest BCUT2D eigenvalue weighted by molar-refractivity contribution is -0.138. The fraction of sp³-hybridized carbons (Fsp3) is 0.588. The maximum atomic E-state index is 12.8. The Bertz CT molecular complexity index is 486. The van der Waals surface area contributed by atoms with Gasteiger partial charge >= 0.3 is 0 Å². The standard InChI is InChI=1S/C17H27N3O/c1-13-12-15(10-11-19(13)3)20(4)16(21)17(2,18)14-8-6-5-7-9-14/h5-9,13,15H,10-12,18H2,1-4H3. The summed E-state index contributed by atoms with van der Waals surface area (Å²) in [5, 5.41) is 0. The molecule has 4 heteroatoms. The summed E-state index contributed by atoms with van der Waals surface area (Å²) in [5.74, 6) is -0.00421. The van der Waals surface area contributed by atoms with Crippen molar-refractivity contribution in [1.29, 1.82) is 0 Å². The van der Waals surface area contributed by atoms with E-state index in [9.17, 15) is 4.79 Å². The predicted octanol–water partition coefficient (Wildman–Crippen LogP) is 1.80. The van der Waals surface area contributed by atoms with E-state index >= 15 is 0 Å². The molecule has 1 aliphatic heterocycles. The van der Waals surface area contributed by atoms with Crippen molar-refractivity contribution in [1.82, 2.24) is 9.80 Å². The minimum absolute atomic E-state index is 0.00421. The first kappa shape index (κ1) is 16.0. The van der Waals surface area contributed by atoms with Crippen molar-refractivity contribution in [3.8, 4) is 0 Å². The molecule has 3 unspecified atom stereocenters. The molecule has 1 heterocycles. The van der Waals surface area contributed by atoms with Crippen LogP contribution in [0.3, 0.4) is 0 Å². The number of amides is 1. The highest BCUT2D eigenvalue weighted by molar-refractivity contribution is 5.87. The molecule has 1 amide bonds. The summed E-state index contributed by atoms with van der Waals surface area (Å²) in [6.07, 6.45) is 2.01. The Kier molecular flexibility index (Phi) is 4.69. The molecule has 0 spiro atoms. The van der Waals surface area contributed by atoms with E-state index in [4.69, 9.17) is 5.73 Å². The van der Waals surface area contributed by atoms with Gasteiger partial charge in [0.2, 0.25) is 5.91 Å².